The molecule has 3 aromatic rings. The first-order valence-electron chi connectivity index (χ1n) is 11.2. The van der Waals surface area contributed by atoms with Gasteiger partial charge < -0.3 is 4.57 Å². The summed E-state index contributed by atoms with van der Waals surface area (Å²) in [6.45, 7) is 4.11. The first-order valence-corrected chi connectivity index (χ1v) is 14.5. The van der Waals surface area contributed by atoms with Gasteiger partial charge in [0.25, 0.3) is 0 Å². The van der Waals surface area contributed by atoms with Crippen LogP contribution < -0.4 is 10.6 Å². The van der Waals surface area contributed by atoms with Gasteiger partial charge in [0.15, 0.2) is 12.6 Å². The molecule has 172 valence electrons. The molecule has 2 heterocycles. The Morgan fingerprint density at radius 1 is 0.848 bits per heavy atom. The summed E-state index contributed by atoms with van der Waals surface area (Å²) >= 11 is 0. The van der Waals surface area contributed by atoms with Crippen molar-refractivity contribution in [1.29, 1.82) is 0 Å². The molecule has 7 heteroatoms. The maximum absolute atomic E-state index is 15.3. The van der Waals surface area contributed by atoms with Crippen molar-refractivity contribution in [2.45, 2.75) is 54.3 Å². The zero-order valence-electron chi connectivity index (χ0n) is 18.7. The lowest BCUT2D eigenvalue weighted by Gasteiger charge is -2.31. The number of hydrogen-bond donors (Lipinski definition) is 0. The number of rotatable bonds is 5. The number of sulfone groups is 1. The van der Waals surface area contributed by atoms with E-state index in [9.17, 15) is 8.42 Å². The molecule has 2 saturated heterocycles. The normalized spacial score (nSPS) is 25.1. The standard InChI is InChI=1S/C26H28NO4PS/c1-26(2)19-18-23-24(25(31-27(23)26)33(29,30)22-16-10-5-11-17-22)32(28,20-12-6-3-7-13-20)21-14-8-4-9-15-21/h3-17,23-25H,18-19H2,1-2H3/t23-,24+,25-/m1/s1. The van der Waals surface area contributed by atoms with Crippen molar-refractivity contribution in [3.05, 3.63) is 91.0 Å². The summed E-state index contributed by atoms with van der Waals surface area (Å²) < 4.78 is 43.1. The maximum Gasteiger partial charge on any atom is 0.208 e. The summed E-state index contributed by atoms with van der Waals surface area (Å²) in [6.07, 6.45) is 1.57. The second kappa shape index (κ2) is 8.21. The highest BCUT2D eigenvalue weighted by atomic mass is 32.2. The predicted molar refractivity (Wildman–Crippen MR) is 131 cm³/mol. The molecular formula is C26H28NO4PS. The van der Waals surface area contributed by atoms with E-state index in [1.54, 1.807) is 30.3 Å². The average Bonchev–Trinajstić information content (AvgIpc) is 3.38. The minimum atomic E-state index is -3.92. The first kappa shape index (κ1) is 22.5. The van der Waals surface area contributed by atoms with Gasteiger partial charge in [0.05, 0.1) is 10.6 Å². The van der Waals surface area contributed by atoms with E-state index in [2.05, 4.69) is 13.8 Å². The van der Waals surface area contributed by atoms with Crippen LogP contribution in [0.5, 0.6) is 0 Å². The Morgan fingerprint density at radius 2 is 1.33 bits per heavy atom. The van der Waals surface area contributed by atoms with Crippen LogP contribution >= 0.6 is 7.14 Å². The molecule has 2 aliphatic rings. The number of nitrogens with zero attached hydrogens (tertiary/aromatic N) is 1. The van der Waals surface area contributed by atoms with Crippen LogP contribution in [-0.2, 0) is 19.2 Å². The molecule has 0 unspecified atom stereocenters. The van der Waals surface area contributed by atoms with Crippen LogP contribution in [-0.4, -0.2) is 36.2 Å². The Hall–Kier alpha value is -2.24. The van der Waals surface area contributed by atoms with Crippen molar-refractivity contribution in [3.63, 3.8) is 0 Å². The molecule has 5 nitrogen and oxygen atoms in total. The summed E-state index contributed by atoms with van der Waals surface area (Å²) in [6, 6.07) is 26.7. The minimum absolute atomic E-state index is 0.187. The van der Waals surface area contributed by atoms with Gasteiger partial charge in [-0.25, -0.2) is 8.42 Å². The fraction of sp³-hybridized carbons (Fsp3) is 0.308. The van der Waals surface area contributed by atoms with Crippen molar-refractivity contribution in [3.8, 4) is 0 Å². The molecule has 3 atom stereocenters. The molecule has 0 aromatic heterocycles. The number of benzene rings is 3. The van der Waals surface area contributed by atoms with Crippen LogP contribution in [0.25, 0.3) is 0 Å². The second-order valence-corrected chi connectivity index (χ2v) is 14.4. The lowest BCUT2D eigenvalue weighted by molar-refractivity contribution is -0.180. The van der Waals surface area contributed by atoms with Crippen LogP contribution in [0, 0.1) is 0 Å². The molecular weight excluding hydrogens is 453 g/mol. The summed E-state index contributed by atoms with van der Waals surface area (Å²) in [4.78, 5) is 6.48. The van der Waals surface area contributed by atoms with Crippen molar-refractivity contribution < 1.29 is 17.8 Å². The Balaban J connectivity index is 1.75. The summed E-state index contributed by atoms with van der Waals surface area (Å²) in [5.41, 5.74) is -2.31. The van der Waals surface area contributed by atoms with Crippen LogP contribution in [0.15, 0.2) is 95.9 Å². The molecule has 0 amide bonds. The van der Waals surface area contributed by atoms with Crippen LogP contribution in [0.1, 0.15) is 26.7 Å². The highest BCUT2D eigenvalue weighted by molar-refractivity contribution is 7.93. The zero-order chi connectivity index (χ0) is 23.3. The van der Waals surface area contributed by atoms with Gasteiger partial charge in [-0.05, 0) is 38.8 Å². The third kappa shape index (κ3) is 3.60. The molecule has 0 radical (unpaired) electrons. The molecule has 5 rings (SSSR count). The highest BCUT2D eigenvalue weighted by Gasteiger charge is 2.63. The Morgan fingerprint density at radius 3 is 1.85 bits per heavy atom. The zero-order valence-corrected chi connectivity index (χ0v) is 20.5. The molecule has 0 spiro atoms. The van der Waals surface area contributed by atoms with Gasteiger partial charge in [0.1, 0.15) is 0 Å². The van der Waals surface area contributed by atoms with Crippen LogP contribution in [0.3, 0.4) is 0 Å². The number of hydroxylamine groups is 2. The van der Waals surface area contributed by atoms with Gasteiger partial charge in [-0.2, -0.15) is 5.06 Å². The van der Waals surface area contributed by atoms with Crippen molar-refractivity contribution in [1.82, 2.24) is 5.06 Å². The van der Waals surface area contributed by atoms with Crippen molar-refractivity contribution in [2.24, 2.45) is 0 Å². The van der Waals surface area contributed by atoms with E-state index in [1.807, 2.05) is 65.7 Å². The van der Waals surface area contributed by atoms with Crippen LogP contribution in [0.2, 0.25) is 0 Å². The lowest BCUT2D eigenvalue weighted by Crippen LogP contribution is -2.42. The molecule has 33 heavy (non-hydrogen) atoms. The van der Waals surface area contributed by atoms with E-state index < -0.39 is 28.1 Å². The smallest absolute Gasteiger partial charge is 0.208 e. The Bertz CT molecular complexity index is 1240. The summed E-state index contributed by atoms with van der Waals surface area (Å²) in [5, 5.41) is 3.13. The molecule has 0 bridgehead atoms. The van der Waals surface area contributed by atoms with Gasteiger partial charge in [-0.3, -0.25) is 4.84 Å². The fourth-order valence-corrected chi connectivity index (χ4v) is 11.2. The van der Waals surface area contributed by atoms with E-state index in [-0.39, 0.29) is 16.5 Å². The fourth-order valence-electron chi connectivity index (χ4n) is 5.25. The third-order valence-electron chi connectivity index (χ3n) is 6.92. The number of fused-ring (bicyclic) bond motifs is 1. The van der Waals surface area contributed by atoms with Crippen molar-refractivity contribution in [2.75, 3.05) is 0 Å². The van der Waals surface area contributed by atoms with E-state index in [0.29, 0.717) is 10.6 Å². The monoisotopic (exact) mass is 481 g/mol. The Labute approximate surface area is 195 Å². The van der Waals surface area contributed by atoms with Gasteiger partial charge in [0.2, 0.25) is 9.84 Å². The maximum atomic E-state index is 15.3. The molecule has 2 fully saturated rings. The topological polar surface area (TPSA) is 63.7 Å². The van der Waals surface area contributed by atoms with Gasteiger partial charge in [-0.15, -0.1) is 0 Å². The molecule has 0 N–H and O–H groups in total. The highest BCUT2D eigenvalue weighted by Crippen LogP contribution is 2.60. The number of hydrogen-bond acceptors (Lipinski definition) is 5. The molecule has 3 aromatic carbocycles. The molecule has 0 aliphatic carbocycles. The minimum Gasteiger partial charge on any atom is -0.313 e. The third-order valence-corrected chi connectivity index (χ3v) is 12.6. The van der Waals surface area contributed by atoms with Gasteiger partial charge >= 0.3 is 0 Å². The second-order valence-electron chi connectivity index (χ2n) is 9.40. The van der Waals surface area contributed by atoms with E-state index in [1.165, 1.54) is 0 Å². The van der Waals surface area contributed by atoms with E-state index in [4.69, 9.17) is 4.84 Å². The first-order chi connectivity index (χ1) is 15.8. The molecule has 2 aliphatic heterocycles. The van der Waals surface area contributed by atoms with Crippen LogP contribution in [0.4, 0.5) is 0 Å². The van der Waals surface area contributed by atoms with Crippen molar-refractivity contribution >= 4 is 27.6 Å². The average molecular weight is 482 g/mol. The largest absolute Gasteiger partial charge is 0.313 e. The molecule has 0 saturated carbocycles. The quantitative estimate of drug-likeness (QED) is 0.507. The summed E-state index contributed by atoms with van der Waals surface area (Å²) in [7, 11) is -7.33. The van der Waals surface area contributed by atoms with Gasteiger partial charge in [-0.1, -0.05) is 78.9 Å². The lowest BCUT2D eigenvalue weighted by atomic mass is 10.0. The SMILES string of the molecule is CC1(C)CC[C@@H]2[C@H](P(=O)(c3ccccc3)c3ccccc3)[C@@H](S(=O)(=O)c3ccccc3)ON21. The van der Waals surface area contributed by atoms with Gasteiger partial charge in [0, 0.05) is 22.2 Å². The Kier molecular flexibility index (Phi) is 5.61. The summed E-state index contributed by atoms with van der Waals surface area (Å²) in [5.74, 6) is 0. The van der Waals surface area contributed by atoms with E-state index in [0.717, 1.165) is 12.8 Å². The van der Waals surface area contributed by atoms with E-state index >= 15 is 4.57 Å². The predicted octanol–water partition coefficient (Wildman–Crippen LogP) is 4.36.